The highest BCUT2D eigenvalue weighted by Crippen LogP contribution is 2.31. The van der Waals surface area contributed by atoms with Crippen molar-refractivity contribution in [2.24, 2.45) is 0 Å². The molecule has 2 N–H and O–H groups in total. The summed E-state index contributed by atoms with van der Waals surface area (Å²) in [6.07, 6.45) is 5.56. The Hall–Kier alpha value is -3.90. The maximum atomic E-state index is 12.7. The van der Waals surface area contributed by atoms with E-state index >= 15 is 0 Å². The average Bonchev–Trinajstić information content (AvgIpc) is 2.90. The van der Waals surface area contributed by atoms with Crippen molar-refractivity contribution in [1.29, 1.82) is 0 Å². The molecule has 6 heteroatoms. The van der Waals surface area contributed by atoms with Crippen LogP contribution in [0.2, 0.25) is 0 Å². The molecule has 2 aliphatic heterocycles. The molecule has 1 saturated heterocycles. The second-order valence-electron chi connectivity index (χ2n) is 9.01. The van der Waals surface area contributed by atoms with Gasteiger partial charge in [0.1, 0.15) is 5.75 Å². The predicted molar refractivity (Wildman–Crippen MR) is 138 cm³/mol. The minimum Gasteiger partial charge on any atom is -0.497 e. The third kappa shape index (κ3) is 5.12. The molecule has 3 aromatic rings. The zero-order valence-corrected chi connectivity index (χ0v) is 19.8. The van der Waals surface area contributed by atoms with Crippen LogP contribution >= 0.6 is 0 Å². The Kier molecular flexibility index (Phi) is 6.64. The number of hydrogen-bond acceptors (Lipinski definition) is 5. The van der Waals surface area contributed by atoms with Crippen molar-refractivity contribution in [3.05, 3.63) is 89.6 Å². The fraction of sp³-hybridized carbons (Fsp3) is 0.241. The molecule has 1 fully saturated rings. The summed E-state index contributed by atoms with van der Waals surface area (Å²) in [6.45, 7) is 3.29. The molecular weight excluding hydrogens is 438 g/mol. The molecule has 0 atom stereocenters. The molecule has 0 aromatic heterocycles. The first-order chi connectivity index (χ1) is 17.1. The zero-order chi connectivity index (χ0) is 24.2. The maximum Gasteiger partial charge on any atom is 0.260 e. The summed E-state index contributed by atoms with van der Waals surface area (Å²) in [5.74, 6) is -0.0591. The molecule has 0 unspecified atom stereocenters. The third-order valence-corrected chi connectivity index (χ3v) is 6.62. The van der Waals surface area contributed by atoms with Crippen LogP contribution in [0.1, 0.15) is 40.7 Å². The topological polar surface area (TPSA) is 70.7 Å². The van der Waals surface area contributed by atoms with Gasteiger partial charge in [-0.15, -0.1) is 0 Å². The van der Waals surface area contributed by atoms with E-state index in [2.05, 4.69) is 27.7 Å². The van der Waals surface area contributed by atoms with Gasteiger partial charge in [0.2, 0.25) is 0 Å². The molecule has 0 saturated carbocycles. The van der Waals surface area contributed by atoms with Gasteiger partial charge in [-0.05, 0) is 79.0 Å². The Morgan fingerprint density at radius 1 is 0.886 bits per heavy atom. The van der Waals surface area contributed by atoms with Crippen LogP contribution < -0.4 is 15.4 Å². The number of rotatable bonds is 6. The Labute approximate surface area is 205 Å². The number of hydrogen-bond donors (Lipinski definition) is 2. The fourth-order valence-electron chi connectivity index (χ4n) is 4.69. The van der Waals surface area contributed by atoms with Gasteiger partial charge in [-0.2, -0.15) is 0 Å². The number of piperidine rings is 1. The summed E-state index contributed by atoms with van der Waals surface area (Å²) >= 11 is 0. The first-order valence-corrected chi connectivity index (χ1v) is 12.0. The molecule has 178 valence electrons. The largest absolute Gasteiger partial charge is 0.497 e. The lowest BCUT2D eigenvalue weighted by atomic mass is 9.91. The number of ether oxygens (including phenoxy) is 1. The summed E-state index contributed by atoms with van der Waals surface area (Å²) in [5, 5.41) is 5.68. The number of benzene rings is 3. The number of imide groups is 1. The van der Waals surface area contributed by atoms with Gasteiger partial charge >= 0.3 is 0 Å². The van der Waals surface area contributed by atoms with Gasteiger partial charge in [0.15, 0.2) is 0 Å². The van der Waals surface area contributed by atoms with Gasteiger partial charge in [0.05, 0.1) is 12.7 Å². The highest BCUT2D eigenvalue weighted by molar-refractivity contribution is 6.31. The monoisotopic (exact) mass is 467 g/mol. The molecular formula is C29H29N3O3. The number of anilines is 1. The Morgan fingerprint density at radius 3 is 2.43 bits per heavy atom. The Balaban J connectivity index is 1.38. The molecule has 6 nitrogen and oxygen atoms in total. The number of carbonyl (C=O) groups is 2. The van der Waals surface area contributed by atoms with Crippen LogP contribution in [0.3, 0.4) is 0 Å². The summed E-state index contributed by atoms with van der Waals surface area (Å²) in [6, 6.07) is 21.5. The van der Waals surface area contributed by atoms with Crippen molar-refractivity contribution in [2.45, 2.75) is 25.8 Å². The van der Waals surface area contributed by atoms with E-state index in [0.717, 1.165) is 42.2 Å². The molecule has 0 spiro atoms. The highest BCUT2D eigenvalue weighted by Gasteiger charge is 2.27. The van der Waals surface area contributed by atoms with Crippen molar-refractivity contribution in [2.75, 3.05) is 25.5 Å². The van der Waals surface area contributed by atoms with E-state index in [0.29, 0.717) is 16.7 Å². The first-order valence-electron chi connectivity index (χ1n) is 12.0. The first kappa shape index (κ1) is 22.9. The Bertz CT molecular complexity index is 1270. The molecule has 5 rings (SSSR count). The van der Waals surface area contributed by atoms with Crippen molar-refractivity contribution < 1.29 is 14.3 Å². The van der Waals surface area contributed by atoms with Crippen molar-refractivity contribution in [1.82, 2.24) is 10.2 Å². The minimum atomic E-state index is -0.417. The smallest absolute Gasteiger partial charge is 0.260 e. The molecule has 2 heterocycles. The number of fused-ring (bicyclic) bond motifs is 1. The van der Waals surface area contributed by atoms with Crippen LogP contribution in [0.15, 0.2) is 72.9 Å². The van der Waals surface area contributed by atoms with Crippen LogP contribution in [0.25, 0.3) is 16.7 Å². The van der Waals surface area contributed by atoms with E-state index in [1.165, 1.54) is 24.8 Å². The number of carbonyl (C=O) groups excluding carboxylic acids is 2. The number of amides is 2. The lowest BCUT2D eigenvalue weighted by Crippen LogP contribution is -2.36. The summed E-state index contributed by atoms with van der Waals surface area (Å²) in [4.78, 5) is 27.7. The maximum absolute atomic E-state index is 12.7. The second kappa shape index (κ2) is 10.2. The predicted octanol–water partition coefficient (Wildman–Crippen LogP) is 5.07. The van der Waals surface area contributed by atoms with Gasteiger partial charge in [0.25, 0.3) is 11.8 Å². The van der Waals surface area contributed by atoms with E-state index in [1.807, 2.05) is 48.5 Å². The molecule has 3 aromatic carbocycles. The Morgan fingerprint density at radius 2 is 1.66 bits per heavy atom. The van der Waals surface area contributed by atoms with Crippen molar-refractivity contribution >= 4 is 23.1 Å². The van der Waals surface area contributed by atoms with Crippen LogP contribution in [-0.4, -0.2) is 36.9 Å². The number of likely N-dealkylation sites (tertiary alicyclic amines) is 1. The van der Waals surface area contributed by atoms with Crippen molar-refractivity contribution in [3.8, 4) is 16.9 Å². The SMILES string of the molecule is COc1cccc(-c2ccc3c(c2)/C(=C/Nc2ccc(CN4CCCCC4)cc2)C(=O)NC3=O)c1. The van der Waals surface area contributed by atoms with Gasteiger partial charge in [-0.1, -0.05) is 36.8 Å². The van der Waals surface area contributed by atoms with Gasteiger partial charge < -0.3 is 10.1 Å². The summed E-state index contributed by atoms with van der Waals surface area (Å²) in [7, 11) is 1.63. The quantitative estimate of drug-likeness (QED) is 0.391. The van der Waals surface area contributed by atoms with E-state index in [4.69, 9.17) is 4.74 Å². The fourth-order valence-corrected chi connectivity index (χ4v) is 4.69. The molecule has 2 amide bonds. The number of nitrogens with zero attached hydrogens (tertiary/aromatic N) is 1. The number of methoxy groups -OCH3 is 1. The third-order valence-electron chi connectivity index (χ3n) is 6.62. The minimum absolute atomic E-state index is 0.388. The van der Waals surface area contributed by atoms with E-state index < -0.39 is 5.91 Å². The highest BCUT2D eigenvalue weighted by atomic mass is 16.5. The molecule has 0 aliphatic carbocycles. The van der Waals surface area contributed by atoms with Crippen LogP contribution in [0.4, 0.5) is 5.69 Å². The average molecular weight is 468 g/mol. The van der Waals surface area contributed by atoms with Crippen LogP contribution in [0.5, 0.6) is 5.75 Å². The molecule has 0 bridgehead atoms. The second-order valence-corrected chi connectivity index (χ2v) is 9.01. The van der Waals surface area contributed by atoms with Crippen molar-refractivity contribution in [3.63, 3.8) is 0 Å². The lowest BCUT2D eigenvalue weighted by molar-refractivity contribution is -0.114. The number of nitrogens with one attached hydrogen (secondary N) is 2. The van der Waals surface area contributed by atoms with Gasteiger partial charge in [0, 0.05) is 29.6 Å². The normalized spacial score (nSPS) is 17.1. The van der Waals surface area contributed by atoms with Gasteiger partial charge in [-0.25, -0.2) is 0 Å². The zero-order valence-electron chi connectivity index (χ0n) is 19.8. The van der Waals surface area contributed by atoms with Gasteiger partial charge in [-0.3, -0.25) is 19.8 Å². The van der Waals surface area contributed by atoms with Crippen LogP contribution in [0, 0.1) is 0 Å². The molecule has 0 radical (unpaired) electrons. The van der Waals surface area contributed by atoms with E-state index in [9.17, 15) is 9.59 Å². The lowest BCUT2D eigenvalue weighted by Gasteiger charge is -2.26. The van der Waals surface area contributed by atoms with E-state index in [1.54, 1.807) is 19.4 Å². The van der Waals surface area contributed by atoms with Crippen LogP contribution in [-0.2, 0) is 11.3 Å². The molecule has 2 aliphatic rings. The van der Waals surface area contributed by atoms with E-state index in [-0.39, 0.29) is 5.91 Å². The summed E-state index contributed by atoms with van der Waals surface area (Å²) in [5.41, 5.74) is 5.51. The standard InChI is InChI=1S/C29H29N3O3/c1-35-24-7-5-6-21(16-24)22-10-13-25-26(17-22)27(29(34)31-28(25)33)18-30-23-11-8-20(9-12-23)19-32-14-3-2-4-15-32/h5-13,16-18,30H,2-4,14-15,19H2,1H3,(H,31,33,34)/b27-18-. The summed E-state index contributed by atoms with van der Waals surface area (Å²) < 4.78 is 5.34. The molecule has 35 heavy (non-hydrogen) atoms.